The fraction of sp³-hybridized carbons (Fsp3) is 0.125. The maximum Gasteiger partial charge on any atom is 0.396 e. The molecule has 0 atom stereocenters. The molecule has 0 unspecified atom stereocenters. The van der Waals surface area contributed by atoms with Crippen LogP contribution in [0.3, 0.4) is 0 Å². The molecule has 2 aromatic rings. The van der Waals surface area contributed by atoms with E-state index in [-0.39, 0.29) is 0 Å². The maximum absolute atomic E-state index is 14.1. The van der Waals surface area contributed by atoms with E-state index in [1.807, 2.05) is 0 Å². The van der Waals surface area contributed by atoms with E-state index in [1.54, 1.807) is 0 Å². The Kier molecular flexibility index (Phi) is 6.90. The molecule has 0 saturated carbocycles. The van der Waals surface area contributed by atoms with Crippen LogP contribution in [0.5, 0.6) is 0 Å². The minimum absolute atomic E-state index is 0.573. The first-order valence-corrected chi connectivity index (χ1v) is 8.70. The molecule has 2 N–H and O–H groups in total. The largest absolute Gasteiger partial charge is 0.396 e. The lowest BCUT2D eigenvalue weighted by molar-refractivity contribution is -0.384. The molecule has 0 spiro atoms. The molecule has 0 saturated heterocycles. The SMILES string of the molecule is O=C(Nc1ccc([N+](=O)[O-])c(Cl)c1)C(F)(F)C(F)(F)C(=O)Nc1ccc([N+](=O)[O-])c(Cl)c1. The van der Waals surface area contributed by atoms with Crippen LogP contribution in [0.4, 0.5) is 40.3 Å². The number of benzene rings is 2. The number of hydrogen-bond acceptors (Lipinski definition) is 6. The number of halogens is 6. The number of nitro groups is 2. The zero-order valence-electron chi connectivity index (χ0n) is 15.1. The number of carbonyl (C=O) groups is 2. The van der Waals surface area contributed by atoms with Gasteiger partial charge < -0.3 is 10.6 Å². The van der Waals surface area contributed by atoms with Gasteiger partial charge in [0.25, 0.3) is 11.4 Å². The Morgan fingerprint density at radius 2 is 1.06 bits per heavy atom. The van der Waals surface area contributed by atoms with E-state index < -0.39 is 66.3 Å². The van der Waals surface area contributed by atoms with Crippen molar-refractivity contribution in [3.63, 3.8) is 0 Å². The first-order chi connectivity index (χ1) is 14.7. The Balaban J connectivity index is 2.21. The van der Waals surface area contributed by atoms with Crippen LogP contribution in [0.15, 0.2) is 36.4 Å². The third-order valence-electron chi connectivity index (χ3n) is 3.77. The van der Waals surface area contributed by atoms with Crippen LogP contribution in [0.25, 0.3) is 0 Å². The molecule has 0 aromatic heterocycles. The van der Waals surface area contributed by atoms with Gasteiger partial charge in [0.15, 0.2) is 0 Å². The van der Waals surface area contributed by atoms with Gasteiger partial charge in [0.2, 0.25) is 0 Å². The molecule has 0 aliphatic heterocycles. The summed E-state index contributed by atoms with van der Waals surface area (Å²) in [5, 5.41) is 23.0. The normalized spacial score (nSPS) is 11.6. The van der Waals surface area contributed by atoms with Gasteiger partial charge in [0.1, 0.15) is 10.0 Å². The van der Waals surface area contributed by atoms with Gasteiger partial charge in [0, 0.05) is 23.5 Å². The number of anilines is 2. The summed E-state index contributed by atoms with van der Waals surface area (Å²) in [7, 11) is 0. The molecule has 0 aliphatic carbocycles. The third kappa shape index (κ3) is 4.86. The van der Waals surface area contributed by atoms with Crippen LogP contribution in [-0.4, -0.2) is 33.5 Å². The summed E-state index contributed by atoms with van der Waals surface area (Å²) in [5.74, 6) is -16.4. The van der Waals surface area contributed by atoms with Gasteiger partial charge in [-0.05, 0) is 24.3 Å². The van der Waals surface area contributed by atoms with Crippen molar-refractivity contribution >= 4 is 57.8 Å². The summed E-state index contributed by atoms with van der Waals surface area (Å²) in [4.78, 5) is 43.0. The van der Waals surface area contributed by atoms with Gasteiger partial charge in [-0.25, -0.2) is 0 Å². The number of hydrogen-bond donors (Lipinski definition) is 2. The molecule has 2 amide bonds. The molecule has 2 rings (SSSR count). The van der Waals surface area contributed by atoms with E-state index in [1.165, 1.54) is 10.6 Å². The number of nitrogens with one attached hydrogen (secondary N) is 2. The molecule has 16 heteroatoms. The molecule has 0 heterocycles. The number of alkyl halides is 4. The van der Waals surface area contributed by atoms with E-state index in [2.05, 4.69) is 0 Å². The number of carbonyl (C=O) groups excluding carboxylic acids is 2. The van der Waals surface area contributed by atoms with Crippen molar-refractivity contribution in [2.24, 2.45) is 0 Å². The summed E-state index contributed by atoms with van der Waals surface area (Å²) < 4.78 is 56.4. The minimum atomic E-state index is -5.59. The van der Waals surface area contributed by atoms with Crippen LogP contribution in [0, 0.1) is 20.2 Å². The predicted octanol–water partition coefficient (Wildman–Crippen LogP) is 4.66. The molecule has 2 aromatic carbocycles. The molecule has 170 valence electrons. The second-order valence-corrected chi connectivity index (χ2v) is 6.72. The fourth-order valence-corrected chi connectivity index (χ4v) is 2.67. The van der Waals surface area contributed by atoms with Gasteiger partial charge in [-0.1, -0.05) is 23.2 Å². The van der Waals surface area contributed by atoms with Crippen LogP contribution in [0.1, 0.15) is 0 Å². The first kappa shape index (κ1) is 24.7. The lowest BCUT2D eigenvalue weighted by atomic mass is 10.1. The molecule has 32 heavy (non-hydrogen) atoms. The summed E-state index contributed by atoms with van der Waals surface area (Å²) in [6.45, 7) is 0. The van der Waals surface area contributed by atoms with Crippen molar-refractivity contribution in [3.05, 3.63) is 66.7 Å². The molecule has 0 bridgehead atoms. The average molecular weight is 499 g/mol. The van der Waals surface area contributed by atoms with Gasteiger partial charge in [-0.3, -0.25) is 29.8 Å². The average Bonchev–Trinajstić information content (AvgIpc) is 2.67. The highest BCUT2D eigenvalue weighted by molar-refractivity contribution is 6.33. The summed E-state index contributed by atoms with van der Waals surface area (Å²) in [6.07, 6.45) is 0. The Morgan fingerprint density at radius 1 is 0.750 bits per heavy atom. The van der Waals surface area contributed by atoms with Gasteiger partial charge in [-0.2, -0.15) is 17.6 Å². The molecular formula is C16H8Cl2F4N4O6. The Morgan fingerprint density at radius 3 is 1.31 bits per heavy atom. The highest BCUT2D eigenvalue weighted by Gasteiger charge is 2.67. The number of amides is 2. The second kappa shape index (κ2) is 8.92. The van der Waals surface area contributed by atoms with Crippen LogP contribution in [-0.2, 0) is 9.59 Å². The monoisotopic (exact) mass is 498 g/mol. The first-order valence-electron chi connectivity index (χ1n) is 7.95. The minimum Gasteiger partial charge on any atom is -0.321 e. The van der Waals surface area contributed by atoms with E-state index >= 15 is 0 Å². The topological polar surface area (TPSA) is 144 Å². The van der Waals surface area contributed by atoms with E-state index in [0.29, 0.717) is 12.1 Å². The lowest BCUT2D eigenvalue weighted by Crippen LogP contribution is -2.56. The fourth-order valence-electron chi connectivity index (χ4n) is 2.17. The van der Waals surface area contributed by atoms with E-state index in [0.717, 1.165) is 24.3 Å². The molecule has 0 fully saturated rings. The zero-order chi connectivity index (χ0) is 24.4. The number of rotatable bonds is 7. The van der Waals surface area contributed by atoms with Gasteiger partial charge in [-0.15, -0.1) is 0 Å². The third-order valence-corrected chi connectivity index (χ3v) is 4.37. The molecule has 0 radical (unpaired) electrons. The van der Waals surface area contributed by atoms with Crippen molar-refractivity contribution in [2.75, 3.05) is 10.6 Å². The summed E-state index contributed by atoms with van der Waals surface area (Å²) >= 11 is 11.1. The number of nitro benzene ring substituents is 2. The van der Waals surface area contributed by atoms with E-state index in [9.17, 15) is 47.4 Å². The molecular weight excluding hydrogens is 491 g/mol. The predicted molar refractivity (Wildman–Crippen MR) is 103 cm³/mol. The van der Waals surface area contributed by atoms with Crippen molar-refractivity contribution in [1.29, 1.82) is 0 Å². The van der Waals surface area contributed by atoms with Crippen LogP contribution >= 0.6 is 23.2 Å². The van der Waals surface area contributed by atoms with Crippen LogP contribution in [0.2, 0.25) is 10.0 Å². The summed E-state index contributed by atoms with van der Waals surface area (Å²) in [6, 6.07) is 4.33. The van der Waals surface area contributed by atoms with Crippen molar-refractivity contribution in [3.8, 4) is 0 Å². The lowest BCUT2D eigenvalue weighted by Gasteiger charge is -2.24. The van der Waals surface area contributed by atoms with Crippen molar-refractivity contribution < 1.29 is 37.0 Å². The van der Waals surface area contributed by atoms with Crippen molar-refractivity contribution in [2.45, 2.75) is 11.8 Å². The molecule has 10 nitrogen and oxygen atoms in total. The Hall–Kier alpha value is -3.52. The maximum atomic E-state index is 14.1. The summed E-state index contributed by atoms with van der Waals surface area (Å²) in [5.41, 5.74) is -2.43. The van der Waals surface area contributed by atoms with Gasteiger partial charge in [0.05, 0.1) is 9.85 Å². The second-order valence-electron chi connectivity index (χ2n) is 5.90. The van der Waals surface area contributed by atoms with Crippen LogP contribution < -0.4 is 10.6 Å². The smallest absolute Gasteiger partial charge is 0.321 e. The van der Waals surface area contributed by atoms with E-state index in [4.69, 9.17) is 23.2 Å². The highest BCUT2D eigenvalue weighted by Crippen LogP contribution is 2.37. The highest BCUT2D eigenvalue weighted by atomic mass is 35.5. The number of nitrogens with zero attached hydrogens (tertiary/aromatic N) is 2. The Labute approximate surface area is 184 Å². The Bertz CT molecular complexity index is 1040. The standard InChI is InChI=1S/C16H8Cl2F4N4O6/c17-9-5-7(1-3-11(9)25(29)30)23-13(27)15(19,20)16(21,22)14(28)24-8-2-4-12(26(31)32)10(18)6-8/h1-6H,(H,23,27)(H,24,28). The molecule has 0 aliphatic rings. The zero-order valence-corrected chi connectivity index (χ0v) is 16.6. The van der Waals surface area contributed by atoms with Gasteiger partial charge >= 0.3 is 23.7 Å². The quantitative estimate of drug-likeness (QED) is 0.322. The van der Waals surface area contributed by atoms with Crippen molar-refractivity contribution in [1.82, 2.24) is 0 Å².